The van der Waals surface area contributed by atoms with Crippen molar-refractivity contribution in [2.45, 2.75) is 19.3 Å². The Morgan fingerprint density at radius 2 is 1.68 bits per heavy atom. The number of carbonyl (C=O) groups is 3. The number of carboxylic acids is 2. The van der Waals surface area contributed by atoms with Gasteiger partial charge in [-0.3, -0.25) is 14.4 Å². The largest absolute Gasteiger partial charge is 0.481 e. The molecule has 1 atom stereocenters. The molecule has 1 unspecified atom stereocenters. The quantitative estimate of drug-likeness (QED) is 0.506. The van der Waals surface area contributed by atoms with Crippen molar-refractivity contribution in [1.29, 1.82) is 0 Å². The molecular formula is C13H15NO5. The zero-order chi connectivity index (χ0) is 14.4. The van der Waals surface area contributed by atoms with Crippen LogP contribution in [0, 0.1) is 5.92 Å². The summed E-state index contributed by atoms with van der Waals surface area (Å²) in [5.41, 5.74) is 6.37. The summed E-state index contributed by atoms with van der Waals surface area (Å²) in [5.74, 6) is -3.56. The average Bonchev–Trinajstić information content (AvgIpc) is 2.34. The summed E-state index contributed by atoms with van der Waals surface area (Å²) in [7, 11) is 0. The van der Waals surface area contributed by atoms with E-state index in [1.54, 1.807) is 12.1 Å². The van der Waals surface area contributed by atoms with Crippen molar-refractivity contribution in [3.63, 3.8) is 0 Å². The molecule has 0 saturated carbocycles. The van der Waals surface area contributed by atoms with E-state index in [4.69, 9.17) is 15.9 Å². The molecule has 19 heavy (non-hydrogen) atoms. The number of benzene rings is 1. The number of hydrogen-bond acceptors (Lipinski definition) is 4. The highest BCUT2D eigenvalue weighted by Gasteiger charge is 2.22. The molecule has 6 nitrogen and oxygen atoms in total. The monoisotopic (exact) mass is 265 g/mol. The van der Waals surface area contributed by atoms with Crippen molar-refractivity contribution in [2.75, 3.05) is 5.73 Å². The van der Waals surface area contributed by atoms with Gasteiger partial charge in [0.15, 0.2) is 5.78 Å². The summed E-state index contributed by atoms with van der Waals surface area (Å²) in [4.78, 5) is 33.3. The van der Waals surface area contributed by atoms with Gasteiger partial charge in [0.2, 0.25) is 0 Å². The molecular weight excluding hydrogens is 250 g/mol. The fourth-order valence-corrected chi connectivity index (χ4v) is 1.62. The molecule has 6 heteroatoms. The molecule has 0 aliphatic carbocycles. The normalized spacial score (nSPS) is 11.8. The third-order valence-corrected chi connectivity index (χ3v) is 2.72. The predicted molar refractivity (Wildman–Crippen MR) is 67.8 cm³/mol. The van der Waals surface area contributed by atoms with Crippen LogP contribution in [0.5, 0.6) is 0 Å². The number of hydrogen-bond donors (Lipinski definition) is 3. The Kier molecular flexibility index (Phi) is 5.05. The van der Waals surface area contributed by atoms with Crippen LogP contribution in [0.15, 0.2) is 24.3 Å². The van der Waals surface area contributed by atoms with Crippen LogP contribution in [0.4, 0.5) is 5.69 Å². The maximum absolute atomic E-state index is 11.9. The van der Waals surface area contributed by atoms with E-state index >= 15 is 0 Å². The molecule has 0 aromatic heterocycles. The number of aliphatic carboxylic acids is 2. The van der Waals surface area contributed by atoms with E-state index in [0.29, 0.717) is 11.3 Å². The van der Waals surface area contributed by atoms with Gasteiger partial charge in [-0.15, -0.1) is 0 Å². The fraction of sp³-hybridized carbons (Fsp3) is 0.308. The van der Waals surface area contributed by atoms with Crippen molar-refractivity contribution in [2.24, 2.45) is 5.92 Å². The first kappa shape index (κ1) is 14.7. The van der Waals surface area contributed by atoms with Crippen LogP contribution in [-0.2, 0) is 9.59 Å². The second-order valence-electron chi connectivity index (χ2n) is 4.22. The standard InChI is InChI=1S/C13H15NO5/c14-10-4-1-8(2-5-10)11(15)7-9(13(18)19)3-6-12(16)17/h1-2,4-5,9H,3,6-7,14H2,(H,16,17)(H,18,19). The van der Waals surface area contributed by atoms with Gasteiger partial charge >= 0.3 is 11.9 Å². The summed E-state index contributed by atoms with van der Waals surface area (Å²) >= 11 is 0. The maximum atomic E-state index is 11.9. The van der Waals surface area contributed by atoms with Crippen LogP contribution in [0.3, 0.4) is 0 Å². The molecule has 0 radical (unpaired) electrons. The van der Waals surface area contributed by atoms with Crippen LogP contribution < -0.4 is 5.73 Å². The molecule has 0 heterocycles. The maximum Gasteiger partial charge on any atom is 0.306 e. The Morgan fingerprint density at radius 1 is 1.11 bits per heavy atom. The lowest BCUT2D eigenvalue weighted by Gasteiger charge is -2.10. The third kappa shape index (κ3) is 4.79. The molecule has 1 rings (SSSR count). The number of ketones is 1. The first-order valence-corrected chi connectivity index (χ1v) is 5.73. The predicted octanol–water partition coefficient (Wildman–Crippen LogP) is 1.41. The highest BCUT2D eigenvalue weighted by Crippen LogP contribution is 2.16. The van der Waals surface area contributed by atoms with Crippen LogP contribution in [0.2, 0.25) is 0 Å². The summed E-state index contributed by atoms with van der Waals surface area (Å²) < 4.78 is 0. The van der Waals surface area contributed by atoms with Gasteiger partial charge in [0.1, 0.15) is 0 Å². The smallest absolute Gasteiger partial charge is 0.306 e. The Balaban J connectivity index is 2.68. The molecule has 1 aromatic rings. The minimum atomic E-state index is -1.16. The molecule has 0 fully saturated rings. The molecule has 4 N–H and O–H groups in total. The molecule has 0 aliphatic heterocycles. The van der Waals surface area contributed by atoms with E-state index in [2.05, 4.69) is 0 Å². The van der Waals surface area contributed by atoms with Gasteiger partial charge in [-0.1, -0.05) is 0 Å². The van der Waals surface area contributed by atoms with Gasteiger partial charge in [0, 0.05) is 24.1 Å². The van der Waals surface area contributed by atoms with Crippen LogP contribution in [0.1, 0.15) is 29.6 Å². The lowest BCUT2D eigenvalue weighted by molar-refractivity contribution is -0.142. The molecule has 0 bridgehead atoms. The van der Waals surface area contributed by atoms with E-state index in [-0.39, 0.29) is 25.0 Å². The van der Waals surface area contributed by atoms with E-state index in [1.807, 2.05) is 0 Å². The van der Waals surface area contributed by atoms with Gasteiger partial charge in [-0.25, -0.2) is 0 Å². The fourth-order valence-electron chi connectivity index (χ4n) is 1.62. The number of Topliss-reactive ketones (excluding diaryl/α,β-unsaturated/α-hetero) is 1. The van der Waals surface area contributed by atoms with Gasteiger partial charge < -0.3 is 15.9 Å². The van der Waals surface area contributed by atoms with Crippen molar-refractivity contribution in [3.05, 3.63) is 29.8 Å². The van der Waals surface area contributed by atoms with E-state index in [0.717, 1.165) is 0 Å². The first-order valence-electron chi connectivity index (χ1n) is 5.73. The summed E-state index contributed by atoms with van der Waals surface area (Å²) in [6, 6.07) is 6.15. The highest BCUT2D eigenvalue weighted by molar-refractivity contribution is 5.98. The second-order valence-corrected chi connectivity index (χ2v) is 4.22. The number of nitrogen functional groups attached to an aromatic ring is 1. The third-order valence-electron chi connectivity index (χ3n) is 2.72. The molecule has 102 valence electrons. The van der Waals surface area contributed by atoms with E-state index in [1.165, 1.54) is 12.1 Å². The number of nitrogens with two attached hydrogens (primary N) is 1. The lowest BCUT2D eigenvalue weighted by atomic mass is 9.94. The SMILES string of the molecule is Nc1ccc(C(=O)CC(CCC(=O)O)C(=O)O)cc1. The van der Waals surface area contributed by atoms with Crippen molar-refractivity contribution < 1.29 is 24.6 Å². The van der Waals surface area contributed by atoms with Crippen LogP contribution in [-0.4, -0.2) is 27.9 Å². The van der Waals surface area contributed by atoms with E-state index < -0.39 is 17.9 Å². The zero-order valence-electron chi connectivity index (χ0n) is 10.2. The van der Waals surface area contributed by atoms with Gasteiger partial charge in [-0.2, -0.15) is 0 Å². The number of anilines is 1. The highest BCUT2D eigenvalue weighted by atomic mass is 16.4. The van der Waals surface area contributed by atoms with Gasteiger partial charge in [0.25, 0.3) is 0 Å². The number of carbonyl (C=O) groups excluding carboxylic acids is 1. The minimum absolute atomic E-state index is 0.0641. The van der Waals surface area contributed by atoms with Crippen molar-refractivity contribution in [3.8, 4) is 0 Å². The van der Waals surface area contributed by atoms with Gasteiger partial charge in [0.05, 0.1) is 5.92 Å². The van der Waals surface area contributed by atoms with E-state index in [9.17, 15) is 14.4 Å². The Bertz CT molecular complexity index is 480. The molecule has 0 amide bonds. The van der Waals surface area contributed by atoms with Crippen molar-refractivity contribution in [1.82, 2.24) is 0 Å². The van der Waals surface area contributed by atoms with Crippen LogP contribution in [0.25, 0.3) is 0 Å². The summed E-state index contributed by atoms with van der Waals surface area (Å²) in [6.45, 7) is 0. The zero-order valence-corrected chi connectivity index (χ0v) is 10.2. The number of rotatable bonds is 7. The molecule has 1 aromatic carbocycles. The minimum Gasteiger partial charge on any atom is -0.481 e. The summed E-state index contributed by atoms with van der Waals surface area (Å²) in [6.07, 6.45) is -0.552. The van der Waals surface area contributed by atoms with Crippen molar-refractivity contribution >= 4 is 23.4 Å². The Morgan fingerprint density at radius 3 is 2.16 bits per heavy atom. The molecule has 0 saturated heterocycles. The molecule has 0 aliphatic rings. The average molecular weight is 265 g/mol. The summed E-state index contributed by atoms with van der Waals surface area (Å²) in [5, 5.41) is 17.5. The molecule has 0 spiro atoms. The Labute approximate surface area is 109 Å². The first-order chi connectivity index (χ1) is 8.90. The second kappa shape index (κ2) is 6.53. The lowest BCUT2D eigenvalue weighted by Crippen LogP contribution is -2.19. The topological polar surface area (TPSA) is 118 Å². The Hall–Kier alpha value is -2.37. The van der Waals surface area contributed by atoms with Crippen LogP contribution >= 0.6 is 0 Å². The number of carboxylic acid groups (broad SMARTS) is 2. The van der Waals surface area contributed by atoms with Gasteiger partial charge in [-0.05, 0) is 30.7 Å².